The number of nitrogens with zero attached hydrogens (tertiary/aromatic N) is 2. The topological polar surface area (TPSA) is 70.1 Å². The number of H-pyrrole nitrogens is 1. The third kappa shape index (κ3) is 1.88. The minimum absolute atomic E-state index is 0.0696. The summed E-state index contributed by atoms with van der Waals surface area (Å²) in [4.78, 5) is 19.6. The van der Waals surface area contributed by atoms with Crippen LogP contribution in [0.15, 0.2) is 40.3 Å². The quantitative estimate of drug-likeness (QED) is 0.763. The van der Waals surface area contributed by atoms with Crippen molar-refractivity contribution in [3.8, 4) is 11.4 Å². The number of hydrogen-bond donors (Lipinski definition) is 2. The fourth-order valence-electron chi connectivity index (χ4n) is 2.68. The molecule has 2 aromatic heterocycles. The molecule has 0 bridgehead atoms. The monoisotopic (exact) mass is 310 g/mol. The molecule has 5 nitrogen and oxygen atoms in total. The van der Waals surface area contributed by atoms with Gasteiger partial charge in [-0.05, 0) is 37.6 Å². The number of amides is 1. The van der Waals surface area contributed by atoms with Gasteiger partial charge in [-0.2, -0.15) is 5.10 Å². The Kier molecular flexibility index (Phi) is 2.71. The lowest BCUT2D eigenvalue weighted by Gasteiger charge is -2.16. The molecule has 6 heteroatoms. The third-order valence-corrected chi connectivity index (χ3v) is 4.62. The SMILES string of the molecule is CC1(C)C(=O)NN=C1c1ccc2[nH]c(-c3cscn3)cc2c1. The van der Waals surface area contributed by atoms with E-state index in [9.17, 15) is 4.79 Å². The van der Waals surface area contributed by atoms with E-state index in [1.165, 1.54) is 0 Å². The van der Waals surface area contributed by atoms with Crippen molar-refractivity contribution >= 4 is 33.9 Å². The normalized spacial score (nSPS) is 16.8. The summed E-state index contributed by atoms with van der Waals surface area (Å²) >= 11 is 1.57. The molecule has 1 aromatic carbocycles. The van der Waals surface area contributed by atoms with Crippen LogP contribution in [0, 0.1) is 5.41 Å². The number of carbonyl (C=O) groups is 1. The summed E-state index contributed by atoms with van der Waals surface area (Å²) in [7, 11) is 0. The molecule has 22 heavy (non-hydrogen) atoms. The summed E-state index contributed by atoms with van der Waals surface area (Å²) in [6.45, 7) is 3.77. The number of benzene rings is 1. The average molecular weight is 310 g/mol. The van der Waals surface area contributed by atoms with Crippen molar-refractivity contribution in [2.75, 3.05) is 0 Å². The first-order valence-electron chi connectivity index (χ1n) is 6.96. The van der Waals surface area contributed by atoms with Gasteiger partial charge in [0.2, 0.25) is 0 Å². The summed E-state index contributed by atoms with van der Waals surface area (Å²) in [5.41, 5.74) is 8.49. The third-order valence-electron chi connectivity index (χ3n) is 4.03. The van der Waals surface area contributed by atoms with Crippen LogP contribution >= 0.6 is 11.3 Å². The molecule has 0 atom stereocenters. The standard InChI is InChI=1S/C16H14N4OS/c1-16(2)14(19-20-15(16)21)9-3-4-11-10(5-9)6-12(18-11)13-7-22-8-17-13/h3-8,18H,1-2H3,(H,20,21). The Balaban J connectivity index is 1.80. The number of hydrogen-bond acceptors (Lipinski definition) is 4. The van der Waals surface area contributed by atoms with Crippen LogP contribution in [0.1, 0.15) is 19.4 Å². The van der Waals surface area contributed by atoms with E-state index in [-0.39, 0.29) is 5.91 Å². The molecule has 3 aromatic rings. The maximum Gasteiger partial charge on any atom is 0.251 e. The molecule has 4 rings (SSSR count). The van der Waals surface area contributed by atoms with Crippen LogP contribution in [-0.4, -0.2) is 21.6 Å². The molecule has 1 aliphatic heterocycles. The van der Waals surface area contributed by atoms with E-state index in [1.807, 2.05) is 36.9 Å². The van der Waals surface area contributed by atoms with Crippen LogP contribution in [0.25, 0.3) is 22.3 Å². The highest BCUT2D eigenvalue weighted by Gasteiger charge is 2.39. The first-order valence-corrected chi connectivity index (χ1v) is 7.90. The molecule has 0 fully saturated rings. The molecule has 0 saturated carbocycles. The second-order valence-corrected chi connectivity index (χ2v) is 6.60. The Morgan fingerprint density at radius 1 is 1.23 bits per heavy atom. The Bertz CT molecular complexity index is 906. The fourth-order valence-corrected chi connectivity index (χ4v) is 3.23. The Morgan fingerprint density at radius 2 is 2.09 bits per heavy atom. The van der Waals surface area contributed by atoms with Crippen molar-refractivity contribution in [1.29, 1.82) is 0 Å². The Morgan fingerprint density at radius 3 is 2.77 bits per heavy atom. The molecular weight excluding hydrogens is 296 g/mol. The number of rotatable bonds is 2. The van der Waals surface area contributed by atoms with Crippen LogP contribution in [0.5, 0.6) is 0 Å². The van der Waals surface area contributed by atoms with Gasteiger partial charge >= 0.3 is 0 Å². The average Bonchev–Trinajstić information content (AvgIpc) is 3.19. The van der Waals surface area contributed by atoms with E-state index in [2.05, 4.69) is 32.6 Å². The molecule has 1 amide bonds. The van der Waals surface area contributed by atoms with Crippen LogP contribution in [0.4, 0.5) is 0 Å². The molecule has 0 unspecified atom stereocenters. The second-order valence-electron chi connectivity index (χ2n) is 5.89. The van der Waals surface area contributed by atoms with Gasteiger partial charge in [0.25, 0.3) is 5.91 Å². The van der Waals surface area contributed by atoms with Gasteiger partial charge in [0.05, 0.1) is 28.0 Å². The molecular formula is C16H14N4OS. The first kappa shape index (κ1) is 13.2. The zero-order valence-electron chi connectivity index (χ0n) is 12.2. The lowest BCUT2D eigenvalue weighted by molar-refractivity contribution is -0.125. The van der Waals surface area contributed by atoms with Crippen LogP contribution in [0.2, 0.25) is 0 Å². The summed E-state index contributed by atoms with van der Waals surface area (Å²) in [5, 5.41) is 7.29. The van der Waals surface area contributed by atoms with Crippen LogP contribution in [0.3, 0.4) is 0 Å². The minimum atomic E-state index is -0.609. The molecule has 1 aliphatic rings. The van der Waals surface area contributed by atoms with Crippen molar-refractivity contribution in [1.82, 2.24) is 15.4 Å². The van der Waals surface area contributed by atoms with Gasteiger partial charge in [0.1, 0.15) is 0 Å². The van der Waals surface area contributed by atoms with Gasteiger partial charge in [0.15, 0.2) is 0 Å². The van der Waals surface area contributed by atoms with Crippen LogP contribution in [-0.2, 0) is 4.79 Å². The van der Waals surface area contributed by atoms with E-state index in [0.29, 0.717) is 0 Å². The fraction of sp³-hybridized carbons (Fsp3) is 0.188. The van der Waals surface area contributed by atoms with Crippen molar-refractivity contribution in [2.45, 2.75) is 13.8 Å². The van der Waals surface area contributed by atoms with E-state index in [4.69, 9.17) is 0 Å². The molecule has 2 N–H and O–H groups in total. The number of aromatic nitrogens is 2. The molecule has 0 spiro atoms. The number of nitrogens with one attached hydrogen (secondary N) is 2. The van der Waals surface area contributed by atoms with Crippen LogP contribution < -0.4 is 5.43 Å². The molecule has 0 radical (unpaired) electrons. The highest BCUT2D eigenvalue weighted by atomic mass is 32.1. The number of hydrazone groups is 1. The molecule has 0 saturated heterocycles. The van der Waals surface area contributed by atoms with Crippen molar-refractivity contribution in [3.63, 3.8) is 0 Å². The lowest BCUT2D eigenvalue weighted by Crippen LogP contribution is -2.32. The zero-order chi connectivity index (χ0) is 15.3. The largest absolute Gasteiger partial charge is 0.353 e. The predicted molar refractivity (Wildman–Crippen MR) is 87.9 cm³/mol. The van der Waals surface area contributed by atoms with E-state index < -0.39 is 5.41 Å². The molecule has 0 aliphatic carbocycles. The number of thiazole rings is 1. The van der Waals surface area contributed by atoms with Gasteiger partial charge < -0.3 is 4.98 Å². The van der Waals surface area contributed by atoms with Gasteiger partial charge in [-0.3, -0.25) is 4.79 Å². The van der Waals surface area contributed by atoms with Gasteiger partial charge in [-0.15, -0.1) is 11.3 Å². The Hall–Kier alpha value is -2.47. The summed E-state index contributed by atoms with van der Waals surface area (Å²) < 4.78 is 0. The van der Waals surface area contributed by atoms with E-state index in [1.54, 1.807) is 11.3 Å². The number of aromatic amines is 1. The summed E-state index contributed by atoms with van der Waals surface area (Å²) in [6.07, 6.45) is 0. The first-order chi connectivity index (χ1) is 10.6. The number of fused-ring (bicyclic) bond motifs is 1. The predicted octanol–water partition coefficient (Wildman–Crippen LogP) is 3.15. The van der Waals surface area contributed by atoms with Crippen molar-refractivity contribution in [2.24, 2.45) is 10.5 Å². The molecule has 110 valence electrons. The maximum atomic E-state index is 11.9. The van der Waals surface area contributed by atoms with Crippen molar-refractivity contribution < 1.29 is 4.79 Å². The summed E-state index contributed by atoms with van der Waals surface area (Å²) in [6, 6.07) is 8.14. The maximum absolute atomic E-state index is 11.9. The highest BCUT2D eigenvalue weighted by Crippen LogP contribution is 2.30. The lowest BCUT2D eigenvalue weighted by atomic mass is 9.83. The highest BCUT2D eigenvalue weighted by molar-refractivity contribution is 7.07. The van der Waals surface area contributed by atoms with E-state index in [0.717, 1.165) is 33.6 Å². The zero-order valence-corrected chi connectivity index (χ0v) is 13.0. The van der Waals surface area contributed by atoms with Crippen molar-refractivity contribution in [3.05, 3.63) is 40.7 Å². The summed E-state index contributed by atoms with van der Waals surface area (Å²) in [5.74, 6) is -0.0696. The minimum Gasteiger partial charge on any atom is -0.353 e. The van der Waals surface area contributed by atoms with E-state index >= 15 is 0 Å². The van der Waals surface area contributed by atoms with Gasteiger partial charge in [-0.1, -0.05) is 6.07 Å². The van der Waals surface area contributed by atoms with Gasteiger partial charge in [0, 0.05) is 16.3 Å². The molecule has 3 heterocycles. The van der Waals surface area contributed by atoms with Gasteiger partial charge in [-0.25, -0.2) is 10.4 Å². The number of carbonyl (C=O) groups excluding carboxylic acids is 1. The second kappa shape index (κ2) is 4.51. The smallest absolute Gasteiger partial charge is 0.251 e. The Labute approximate surface area is 131 Å².